The first kappa shape index (κ1) is 11.1. The molecule has 0 unspecified atom stereocenters. The van der Waals surface area contributed by atoms with Crippen molar-refractivity contribution in [3.8, 4) is 0 Å². The maximum absolute atomic E-state index is 10.7. The van der Waals surface area contributed by atoms with Crippen LogP contribution in [0, 0.1) is 0 Å². The van der Waals surface area contributed by atoms with Crippen LogP contribution in [0.5, 0.6) is 0 Å². The molecule has 0 amide bonds. The Balaban J connectivity index is 2.07. The molecular formula is C10H16N4O2. The van der Waals surface area contributed by atoms with Crippen molar-refractivity contribution in [1.82, 2.24) is 20.3 Å². The van der Waals surface area contributed by atoms with E-state index < -0.39 is 5.97 Å². The lowest BCUT2D eigenvalue weighted by Crippen LogP contribution is -2.40. The molecule has 1 saturated heterocycles. The van der Waals surface area contributed by atoms with Crippen LogP contribution in [-0.2, 0) is 0 Å². The molecule has 16 heavy (non-hydrogen) atoms. The predicted octanol–water partition coefficient (Wildman–Crippen LogP) is 0.679. The number of hydrogen-bond acceptors (Lipinski definition) is 4. The Morgan fingerprint density at radius 3 is 3.06 bits per heavy atom. The van der Waals surface area contributed by atoms with Gasteiger partial charge in [-0.15, -0.1) is 5.10 Å². The number of carboxylic acid groups (broad SMARTS) is 1. The first-order valence-corrected chi connectivity index (χ1v) is 5.57. The van der Waals surface area contributed by atoms with Crippen LogP contribution in [0.25, 0.3) is 0 Å². The van der Waals surface area contributed by atoms with Gasteiger partial charge in [0.1, 0.15) is 0 Å². The molecule has 0 aliphatic carbocycles. The van der Waals surface area contributed by atoms with Crippen LogP contribution in [0.15, 0.2) is 6.20 Å². The zero-order valence-corrected chi connectivity index (χ0v) is 9.26. The fraction of sp³-hybridized carbons (Fsp3) is 0.700. The lowest BCUT2D eigenvalue weighted by atomic mass is 9.99. The van der Waals surface area contributed by atoms with Gasteiger partial charge in [0.05, 0.1) is 12.2 Å². The van der Waals surface area contributed by atoms with Gasteiger partial charge in [-0.25, -0.2) is 9.48 Å². The van der Waals surface area contributed by atoms with Crippen LogP contribution in [0.3, 0.4) is 0 Å². The summed E-state index contributed by atoms with van der Waals surface area (Å²) in [5, 5.41) is 19.7. The molecule has 88 valence electrons. The van der Waals surface area contributed by atoms with E-state index in [1.807, 2.05) is 6.92 Å². The van der Waals surface area contributed by atoms with E-state index in [9.17, 15) is 4.79 Å². The molecule has 1 aliphatic heterocycles. The van der Waals surface area contributed by atoms with E-state index >= 15 is 0 Å². The van der Waals surface area contributed by atoms with Gasteiger partial charge in [-0.3, -0.25) is 0 Å². The van der Waals surface area contributed by atoms with E-state index in [2.05, 4.69) is 15.6 Å². The number of aromatic nitrogens is 3. The molecule has 0 radical (unpaired) electrons. The molecule has 2 N–H and O–H groups in total. The monoisotopic (exact) mass is 224 g/mol. The minimum Gasteiger partial charge on any atom is -0.476 e. The van der Waals surface area contributed by atoms with Crippen molar-refractivity contribution in [2.75, 3.05) is 6.54 Å². The quantitative estimate of drug-likeness (QED) is 0.789. The van der Waals surface area contributed by atoms with Gasteiger partial charge in [0.2, 0.25) is 0 Å². The van der Waals surface area contributed by atoms with Gasteiger partial charge in [-0.1, -0.05) is 11.6 Å². The Kier molecular flexibility index (Phi) is 3.19. The normalized spacial score (nSPS) is 22.9. The van der Waals surface area contributed by atoms with Gasteiger partial charge in [0.25, 0.3) is 0 Å². The lowest BCUT2D eigenvalue weighted by molar-refractivity contribution is 0.0690. The highest BCUT2D eigenvalue weighted by atomic mass is 16.4. The van der Waals surface area contributed by atoms with Crippen molar-refractivity contribution in [3.63, 3.8) is 0 Å². The minimum absolute atomic E-state index is 0.00246. The summed E-state index contributed by atoms with van der Waals surface area (Å²) in [7, 11) is 0. The lowest BCUT2D eigenvalue weighted by Gasteiger charge is -2.28. The number of aromatic carboxylic acids is 1. The molecule has 0 aromatic carbocycles. The second-order valence-corrected chi connectivity index (χ2v) is 4.19. The molecule has 0 saturated carbocycles. The Hall–Kier alpha value is -1.43. The van der Waals surface area contributed by atoms with Crippen LogP contribution in [0.1, 0.15) is 42.7 Å². The SMILES string of the molecule is C[C@H]([C@H]1CCCCN1)n1cc(C(=O)O)nn1. The Morgan fingerprint density at radius 1 is 1.69 bits per heavy atom. The number of carboxylic acids is 1. The van der Waals surface area contributed by atoms with Crippen molar-refractivity contribution >= 4 is 5.97 Å². The van der Waals surface area contributed by atoms with Crippen LogP contribution in [0.2, 0.25) is 0 Å². The summed E-state index contributed by atoms with van der Waals surface area (Å²) in [6.07, 6.45) is 5.01. The predicted molar refractivity (Wildman–Crippen MR) is 57.3 cm³/mol. The highest BCUT2D eigenvalue weighted by Crippen LogP contribution is 2.18. The van der Waals surface area contributed by atoms with E-state index in [0.717, 1.165) is 13.0 Å². The van der Waals surface area contributed by atoms with Crippen molar-refractivity contribution in [3.05, 3.63) is 11.9 Å². The number of piperidine rings is 1. The zero-order valence-electron chi connectivity index (χ0n) is 9.26. The molecule has 0 spiro atoms. The number of nitrogens with zero attached hydrogens (tertiary/aromatic N) is 3. The van der Waals surface area contributed by atoms with E-state index in [4.69, 9.17) is 5.11 Å². The summed E-state index contributed by atoms with van der Waals surface area (Å²) >= 11 is 0. The number of rotatable bonds is 3. The van der Waals surface area contributed by atoms with E-state index in [0.29, 0.717) is 6.04 Å². The molecule has 0 bridgehead atoms. The molecule has 6 nitrogen and oxygen atoms in total. The Bertz CT molecular complexity index is 371. The fourth-order valence-corrected chi connectivity index (χ4v) is 2.05. The summed E-state index contributed by atoms with van der Waals surface area (Å²) in [5.41, 5.74) is 0.00246. The van der Waals surface area contributed by atoms with Crippen LogP contribution < -0.4 is 5.32 Å². The van der Waals surface area contributed by atoms with Gasteiger partial charge in [-0.05, 0) is 26.3 Å². The molecule has 2 atom stereocenters. The van der Waals surface area contributed by atoms with Gasteiger partial charge < -0.3 is 10.4 Å². The van der Waals surface area contributed by atoms with Crippen LogP contribution >= 0.6 is 0 Å². The molecule has 2 heterocycles. The Labute approximate surface area is 93.6 Å². The highest BCUT2D eigenvalue weighted by Gasteiger charge is 2.22. The third kappa shape index (κ3) is 2.21. The minimum atomic E-state index is -1.03. The molecule has 1 aromatic heterocycles. The molecule has 1 fully saturated rings. The summed E-state index contributed by atoms with van der Waals surface area (Å²) < 4.78 is 1.63. The number of carbonyl (C=O) groups is 1. The maximum atomic E-state index is 10.7. The summed E-state index contributed by atoms with van der Waals surface area (Å²) in [6.45, 7) is 3.05. The summed E-state index contributed by atoms with van der Waals surface area (Å²) in [5.74, 6) is -1.03. The average molecular weight is 224 g/mol. The topological polar surface area (TPSA) is 80.0 Å². The fourth-order valence-electron chi connectivity index (χ4n) is 2.05. The van der Waals surface area contributed by atoms with Crippen molar-refractivity contribution < 1.29 is 9.90 Å². The van der Waals surface area contributed by atoms with E-state index in [-0.39, 0.29) is 11.7 Å². The highest BCUT2D eigenvalue weighted by molar-refractivity contribution is 5.84. The van der Waals surface area contributed by atoms with Crippen LogP contribution in [-0.4, -0.2) is 38.7 Å². The molecule has 2 rings (SSSR count). The second kappa shape index (κ2) is 4.61. The van der Waals surface area contributed by atoms with Crippen LogP contribution in [0.4, 0.5) is 0 Å². The Morgan fingerprint density at radius 2 is 2.50 bits per heavy atom. The molecule has 1 aromatic rings. The summed E-state index contributed by atoms with van der Waals surface area (Å²) in [4.78, 5) is 10.7. The standard InChI is InChI=1S/C10H16N4O2/c1-7(8-4-2-3-5-11-8)14-6-9(10(15)16)12-13-14/h6-8,11H,2-5H2,1H3,(H,15,16)/t7-,8-/m1/s1. The van der Waals surface area contributed by atoms with Crippen molar-refractivity contribution in [1.29, 1.82) is 0 Å². The smallest absolute Gasteiger partial charge is 0.358 e. The van der Waals surface area contributed by atoms with E-state index in [1.165, 1.54) is 19.0 Å². The number of nitrogens with one attached hydrogen (secondary N) is 1. The largest absolute Gasteiger partial charge is 0.476 e. The van der Waals surface area contributed by atoms with Gasteiger partial charge >= 0.3 is 5.97 Å². The first-order chi connectivity index (χ1) is 7.68. The third-order valence-corrected chi connectivity index (χ3v) is 3.08. The zero-order chi connectivity index (χ0) is 11.5. The molecule has 6 heteroatoms. The van der Waals surface area contributed by atoms with E-state index in [1.54, 1.807) is 4.68 Å². The third-order valence-electron chi connectivity index (χ3n) is 3.08. The first-order valence-electron chi connectivity index (χ1n) is 5.57. The second-order valence-electron chi connectivity index (χ2n) is 4.19. The van der Waals surface area contributed by atoms with Gasteiger partial charge in [-0.2, -0.15) is 0 Å². The maximum Gasteiger partial charge on any atom is 0.358 e. The van der Waals surface area contributed by atoms with Gasteiger partial charge in [0.15, 0.2) is 5.69 Å². The molecule has 1 aliphatic rings. The van der Waals surface area contributed by atoms with Crippen molar-refractivity contribution in [2.45, 2.75) is 38.3 Å². The number of hydrogen-bond donors (Lipinski definition) is 2. The average Bonchev–Trinajstić information content (AvgIpc) is 2.78. The van der Waals surface area contributed by atoms with Crippen molar-refractivity contribution in [2.24, 2.45) is 0 Å². The summed E-state index contributed by atoms with van der Waals surface area (Å²) in [6, 6.07) is 0.498. The molecular weight excluding hydrogens is 208 g/mol. The van der Waals surface area contributed by atoms with Gasteiger partial charge in [0, 0.05) is 6.04 Å².